The number of ether oxygens (including phenoxy) is 1. The fourth-order valence-electron chi connectivity index (χ4n) is 0.990. The Bertz CT molecular complexity index is 183. The summed E-state index contributed by atoms with van der Waals surface area (Å²) in [7, 11) is 1.18. The van der Waals surface area contributed by atoms with Crippen LogP contribution in [0.1, 0.15) is 25.7 Å². The van der Waals surface area contributed by atoms with E-state index in [1.54, 1.807) is 0 Å². The van der Waals surface area contributed by atoms with Crippen molar-refractivity contribution in [2.24, 2.45) is 5.73 Å². The van der Waals surface area contributed by atoms with Crippen LogP contribution in [-0.4, -0.2) is 32.1 Å². The van der Waals surface area contributed by atoms with Crippen molar-refractivity contribution in [3.63, 3.8) is 0 Å². The molecule has 5 nitrogen and oxygen atoms in total. The maximum absolute atomic E-state index is 10.9. The minimum atomic E-state index is -0.841. The van der Waals surface area contributed by atoms with E-state index in [0.717, 1.165) is 25.7 Å². The van der Waals surface area contributed by atoms with Crippen LogP contribution in [0.4, 0.5) is 0 Å². The summed E-state index contributed by atoms with van der Waals surface area (Å²) < 4.78 is 4.24. The maximum atomic E-state index is 10.9. The van der Waals surface area contributed by atoms with Crippen LogP contribution < -0.4 is 11.1 Å². The molecule has 14 heavy (non-hydrogen) atoms. The van der Waals surface area contributed by atoms with E-state index in [0.29, 0.717) is 13.1 Å². The molecule has 0 spiro atoms. The smallest absolute Gasteiger partial charge is 0.396 e. The fourth-order valence-corrected chi connectivity index (χ4v) is 0.990. The Hall–Kier alpha value is -1.10. The van der Waals surface area contributed by atoms with Crippen LogP contribution in [-0.2, 0) is 14.3 Å². The number of carbonyl (C=O) groups is 2. The van der Waals surface area contributed by atoms with E-state index in [-0.39, 0.29) is 0 Å². The maximum Gasteiger partial charge on any atom is 0.396 e. The topological polar surface area (TPSA) is 81.4 Å². The van der Waals surface area contributed by atoms with Crippen molar-refractivity contribution >= 4 is 11.9 Å². The molecule has 0 atom stereocenters. The zero-order valence-corrected chi connectivity index (χ0v) is 8.54. The molecule has 0 saturated heterocycles. The minimum Gasteiger partial charge on any atom is -0.462 e. The summed E-state index contributed by atoms with van der Waals surface area (Å²) in [6.45, 7) is 1.22. The molecule has 0 aliphatic heterocycles. The highest BCUT2D eigenvalue weighted by molar-refractivity contribution is 6.32. The van der Waals surface area contributed by atoms with Crippen LogP contribution in [0.2, 0.25) is 0 Å². The van der Waals surface area contributed by atoms with E-state index in [9.17, 15) is 9.59 Å². The van der Waals surface area contributed by atoms with E-state index in [1.807, 2.05) is 0 Å². The molecule has 5 heteroatoms. The number of esters is 1. The van der Waals surface area contributed by atoms with Gasteiger partial charge in [-0.3, -0.25) is 4.79 Å². The molecule has 3 N–H and O–H groups in total. The van der Waals surface area contributed by atoms with Gasteiger partial charge in [0.15, 0.2) is 0 Å². The third kappa shape index (κ3) is 6.42. The number of rotatable bonds is 6. The first-order valence-electron chi connectivity index (χ1n) is 4.78. The van der Waals surface area contributed by atoms with Gasteiger partial charge >= 0.3 is 11.9 Å². The summed E-state index contributed by atoms with van der Waals surface area (Å²) in [6, 6.07) is 0. The average molecular weight is 202 g/mol. The average Bonchev–Trinajstić information content (AvgIpc) is 2.21. The van der Waals surface area contributed by atoms with Gasteiger partial charge < -0.3 is 15.8 Å². The highest BCUT2D eigenvalue weighted by atomic mass is 16.5. The number of hydrogen-bond donors (Lipinski definition) is 2. The van der Waals surface area contributed by atoms with Crippen LogP contribution in [0.3, 0.4) is 0 Å². The molecule has 0 fully saturated rings. The van der Waals surface area contributed by atoms with E-state index < -0.39 is 11.9 Å². The lowest BCUT2D eigenvalue weighted by Crippen LogP contribution is -2.32. The molecule has 0 aliphatic carbocycles. The van der Waals surface area contributed by atoms with Gasteiger partial charge in [0, 0.05) is 6.54 Å². The summed E-state index contributed by atoms with van der Waals surface area (Å²) in [4.78, 5) is 21.5. The van der Waals surface area contributed by atoms with Gasteiger partial charge in [-0.05, 0) is 19.4 Å². The van der Waals surface area contributed by atoms with Crippen molar-refractivity contribution in [3.8, 4) is 0 Å². The third-order valence-electron chi connectivity index (χ3n) is 1.79. The van der Waals surface area contributed by atoms with Crippen LogP contribution in [0.15, 0.2) is 0 Å². The molecule has 0 bridgehead atoms. The predicted molar refractivity (Wildman–Crippen MR) is 52.5 cm³/mol. The summed E-state index contributed by atoms with van der Waals surface area (Å²) in [5.74, 6) is -1.52. The Morgan fingerprint density at radius 2 is 1.86 bits per heavy atom. The zero-order chi connectivity index (χ0) is 10.8. The first-order valence-corrected chi connectivity index (χ1v) is 4.78. The quantitative estimate of drug-likeness (QED) is 0.355. The summed E-state index contributed by atoms with van der Waals surface area (Å²) >= 11 is 0. The Morgan fingerprint density at radius 1 is 1.21 bits per heavy atom. The SMILES string of the molecule is COC(=O)C(=O)NCCCCCCN. The molecular formula is C9H18N2O3. The second kappa shape index (κ2) is 8.50. The number of nitrogens with two attached hydrogens (primary N) is 1. The van der Waals surface area contributed by atoms with Gasteiger partial charge in [0.1, 0.15) is 0 Å². The van der Waals surface area contributed by atoms with Crippen LogP contribution in [0.5, 0.6) is 0 Å². The molecule has 0 saturated carbocycles. The van der Waals surface area contributed by atoms with Crippen molar-refractivity contribution in [2.75, 3.05) is 20.2 Å². The van der Waals surface area contributed by atoms with Gasteiger partial charge in [-0.25, -0.2) is 4.79 Å². The number of nitrogens with one attached hydrogen (secondary N) is 1. The molecular weight excluding hydrogens is 184 g/mol. The molecule has 1 amide bonds. The number of unbranched alkanes of at least 4 members (excludes halogenated alkanes) is 3. The van der Waals surface area contributed by atoms with Gasteiger partial charge in [-0.1, -0.05) is 12.8 Å². The summed E-state index contributed by atoms with van der Waals surface area (Å²) in [5.41, 5.74) is 5.32. The van der Waals surface area contributed by atoms with Gasteiger partial charge in [-0.15, -0.1) is 0 Å². The molecule has 0 aromatic carbocycles. The standard InChI is InChI=1S/C9H18N2O3/c1-14-9(13)8(12)11-7-5-3-2-4-6-10/h2-7,10H2,1H3,(H,11,12). The summed E-state index contributed by atoms with van der Waals surface area (Å²) in [5, 5.41) is 2.47. The fraction of sp³-hybridized carbons (Fsp3) is 0.778. The number of amides is 1. The van der Waals surface area contributed by atoms with Crippen LogP contribution >= 0.6 is 0 Å². The lowest BCUT2D eigenvalue weighted by molar-refractivity contribution is -0.152. The number of hydrogen-bond acceptors (Lipinski definition) is 4. The van der Waals surface area contributed by atoms with Gasteiger partial charge in [0.05, 0.1) is 7.11 Å². The first-order chi connectivity index (χ1) is 6.72. The largest absolute Gasteiger partial charge is 0.462 e. The van der Waals surface area contributed by atoms with Gasteiger partial charge in [0.25, 0.3) is 0 Å². The Kier molecular flexibility index (Phi) is 7.83. The second-order valence-electron chi connectivity index (χ2n) is 2.95. The Labute approximate surface area is 84.0 Å². The van der Waals surface area contributed by atoms with Crippen LogP contribution in [0, 0.1) is 0 Å². The monoisotopic (exact) mass is 202 g/mol. The molecule has 0 aromatic rings. The highest BCUT2D eigenvalue weighted by Crippen LogP contribution is 1.96. The molecule has 0 rings (SSSR count). The lowest BCUT2D eigenvalue weighted by Gasteiger charge is -2.02. The van der Waals surface area contributed by atoms with E-state index >= 15 is 0 Å². The van der Waals surface area contributed by atoms with E-state index in [1.165, 1.54) is 7.11 Å². The Balaban J connectivity index is 3.27. The van der Waals surface area contributed by atoms with Gasteiger partial charge in [0.2, 0.25) is 0 Å². The predicted octanol–water partition coefficient (Wildman–Crippen LogP) is -0.205. The molecule has 0 heterocycles. The van der Waals surface area contributed by atoms with Crippen molar-refractivity contribution < 1.29 is 14.3 Å². The normalized spacial score (nSPS) is 9.57. The minimum absolute atomic E-state index is 0.512. The third-order valence-corrected chi connectivity index (χ3v) is 1.79. The van der Waals surface area contributed by atoms with Gasteiger partial charge in [-0.2, -0.15) is 0 Å². The second-order valence-corrected chi connectivity index (χ2v) is 2.95. The number of carbonyl (C=O) groups excluding carboxylic acids is 2. The molecule has 0 aliphatic rings. The molecule has 0 unspecified atom stereocenters. The first kappa shape index (κ1) is 12.9. The lowest BCUT2D eigenvalue weighted by atomic mass is 10.2. The molecule has 82 valence electrons. The van der Waals surface area contributed by atoms with Crippen molar-refractivity contribution in [1.82, 2.24) is 5.32 Å². The summed E-state index contributed by atoms with van der Waals surface area (Å²) in [6.07, 6.45) is 3.94. The van der Waals surface area contributed by atoms with Crippen LogP contribution in [0.25, 0.3) is 0 Å². The van der Waals surface area contributed by atoms with E-state index in [4.69, 9.17) is 5.73 Å². The van der Waals surface area contributed by atoms with Crippen molar-refractivity contribution in [2.45, 2.75) is 25.7 Å². The highest BCUT2D eigenvalue weighted by Gasteiger charge is 2.11. The van der Waals surface area contributed by atoms with Crippen molar-refractivity contribution in [1.29, 1.82) is 0 Å². The Morgan fingerprint density at radius 3 is 2.43 bits per heavy atom. The molecule has 0 radical (unpaired) electrons. The zero-order valence-electron chi connectivity index (χ0n) is 8.54. The molecule has 0 aromatic heterocycles. The number of methoxy groups -OCH3 is 1. The van der Waals surface area contributed by atoms with E-state index in [2.05, 4.69) is 10.1 Å². The van der Waals surface area contributed by atoms with Crippen molar-refractivity contribution in [3.05, 3.63) is 0 Å².